The van der Waals surface area contributed by atoms with E-state index in [1.165, 1.54) is 25.0 Å². The van der Waals surface area contributed by atoms with E-state index in [4.69, 9.17) is 4.74 Å². The van der Waals surface area contributed by atoms with Gasteiger partial charge in [0.1, 0.15) is 5.75 Å². The van der Waals surface area contributed by atoms with Crippen LogP contribution in [0.15, 0.2) is 59.5 Å². The quantitative estimate of drug-likeness (QED) is 0.621. The van der Waals surface area contributed by atoms with Gasteiger partial charge in [-0.2, -0.15) is 0 Å². The fourth-order valence-corrected chi connectivity index (χ4v) is 4.90. The highest BCUT2D eigenvalue weighted by Gasteiger charge is 2.19. The van der Waals surface area contributed by atoms with E-state index in [2.05, 4.69) is 10.0 Å². The van der Waals surface area contributed by atoms with Crippen LogP contribution in [0.5, 0.6) is 5.75 Å². The van der Waals surface area contributed by atoms with E-state index < -0.39 is 10.0 Å². The molecule has 1 fully saturated rings. The third-order valence-electron chi connectivity index (χ3n) is 5.36. The highest BCUT2D eigenvalue weighted by Crippen LogP contribution is 2.20. The van der Waals surface area contributed by atoms with E-state index in [-0.39, 0.29) is 29.5 Å². The zero-order valence-electron chi connectivity index (χ0n) is 17.3. The molecule has 0 radical (unpaired) electrons. The van der Waals surface area contributed by atoms with Gasteiger partial charge in [-0.25, -0.2) is 13.1 Å². The number of carbonyl (C=O) groups excluding carboxylic acids is 1. The molecule has 1 aliphatic rings. The van der Waals surface area contributed by atoms with Crippen LogP contribution in [0.1, 0.15) is 57.1 Å². The second kappa shape index (κ2) is 10.6. The van der Waals surface area contributed by atoms with E-state index in [9.17, 15) is 13.2 Å². The van der Waals surface area contributed by atoms with E-state index >= 15 is 0 Å². The molecule has 0 aromatic heterocycles. The molecule has 1 amide bonds. The lowest BCUT2D eigenvalue weighted by molar-refractivity contribution is -0.123. The average molecular weight is 431 g/mol. The standard InChI is InChI=1S/C23H30N2O4S/c1-18(19-9-5-4-6-10-19)25-30(27,28)22-15-13-21(14-16-22)29-17-23(26)24-20-11-7-2-3-8-12-20/h4-6,9-10,13-16,18,20,25H,2-3,7-8,11-12,17H2,1H3,(H,24,26)/t18-/m1/s1. The third kappa shape index (κ3) is 6.57. The Morgan fingerprint density at radius 3 is 2.27 bits per heavy atom. The predicted octanol–water partition coefficient (Wildman–Crippen LogP) is 3.94. The van der Waals surface area contributed by atoms with E-state index in [0.717, 1.165) is 31.2 Å². The molecule has 3 rings (SSSR count). The molecule has 0 spiro atoms. The molecule has 1 aliphatic carbocycles. The van der Waals surface area contributed by atoms with Gasteiger partial charge in [0, 0.05) is 12.1 Å². The first-order valence-electron chi connectivity index (χ1n) is 10.5. The van der Waals surface area contributed by atoms with Gasteiger partial charge < -0.3 is 10.1 Å². The van der Waals surface area contributed by atoms with Crippen LogP contribution in [0.2, 0.25) is 0 Å². The number of carbonyl (C=O) groups is 1. The van der Waals surface area contributed by atoms with Crippen molar-refractivity contribution in [2.45, 2.75) is 62.4 Å². The van der Waals surface area contributed by atoms with Crippen LogP contribution in [0, 0.1) is 0 Å². The monoisotopic (exact) mass is 430 g/mol. The maximum absolute atomic E-state index is 12.6. The molecular weight excluding hydrogens is 400 g/mol. The van der Waals surface area contributed by atoms with Crippen LogP contribution < -0.4 is 14.8 Å². The van der Waals surface area contributed by atoms with Gasteiger partial charge in [0.25, 0.3) is 5.91 Å². The van der Waals surface area contributed by atoms with Gasteiger partial charge in [-0.1, -0.05) is 56.0 Å². The van der Waals surface area contributed by atoms with Crippen molar-refractivity contribution in [1.82, 2.24) is 10.0 Å². The second-order valence-corrected chi connectivity index (χ2v) is 9.48. The lowest BCUT2D eigenvalue weighted by atomic mass is 10.1. The fraction of sp³-hybridized carbons (Fsp3) is 0.435. The number of hydrogen-bond donors (Lipinski definition) is 2. The number of nitrogens with one attached hydrogen (secondary N) is 2. The molecular formula is C23H30N2O4S. The zero-order chi connectivity index (χ0) is 21.4. The fourth-order valence-electron chi connectivity index (χ4n) is 3.67. The maximum atomic E-state index is 12.6. The minimum atomic E-state index is -3.66. The van der Waals surface area contributed by atoms with Crippen molar-refractivity contribution in [1.29, 1.82) is 0 Å². The molecule has 0 unspecified atom stereocenters. The van der Waals surface area contributed by atoms with Crippen molar-refractivity contribution in [3.05, 3.63) is 60.2 Å². The Labute approximate surface area is 179 Å². The van der Waals surface area contributed by atoms with Crippen LogP contribution in [-0.2, 0) is 14.8 Å². The predicted molar refractivity (Wildman–Crippen MR) is 117 cm³/mol. The molecule has 0 bridgehead atoms. The van der Waals surface area contributed by atoms with E-state index in [0.29, 0.717) is 5.75 Å². The molecule has 7 heteroatoms. The smallest absolute Gasteiger partial charge is 0.258 e. The summed E-state index contributed by atoms with van der Waals surface area (Å²) in [5, 5.41) is 3.03. The first kappa shape index (κ1) is 22.3. The van der Waals surface area contributed by atoms with Crippen molar-refractivity contribution in [2.75, 3.05) is 6.61 Å². The van der Waals surface area contributed by atoms with Crippen molar-refractivity contribution >= 4 is 15.9 Å². The molecule has 162 valence electrons. The van der Waals surface area contributed by atoms with Gasteiger partial charge in [0.05, 0.1) is 4.90 Å². The van der Waals surface area contributed by atoms with Crippen LogP contribution in [0.25, 0.3) is 0 Å². The summed E-state index contributed by atoms with van der Waals surface area (Å²) >= 11 is 0. The van der Waals surface area contributed by atoms with Crippen LogP contribution in [0.4, 0.5) is 0 Å². The number of amides is 1. The lowest BCUT2D eigenvalue weighted by Gasteiger charge is -2.16. The van der Waals surface area contributed by atoms with E-state index in [1.807, 2.05) is 30.3 Å². The first-order chi connectivity index (χ1) is 14.4. The van der Waals surface area contributed by atoms with Crippen molar-refractivity contribution in [2.24, 2.45) is 0 Å². The Hall–Kier alpha value is -2.38. The summed E-state index contributed by atoms with van der Waals surface area (Å²) in [6.07, 6.45) is 6.81. The van der Waals surface area contributed by atoms with Gasteiger partial charge in [-0.05, 0) is 49.6 Å². The molecule has 0 aliphatic heterocycles. The minimum absolute atomic E-state index is 0.0775. The highest BCUT2D eigenvalue weighted by atomic mass is 32.2. The Bertz CT molecular complexity index is 906. The average Bonchev–Trinajstić information content (AvgIpc) is 3.01. The molecule has 1 atom stereocenters. The second-order valence-electron chi connectivity index (χ2n) is 7.77. The Morgan fingerprint density at radius 1 is 1.00 bits per heavy atom. The number of rotatable bonds is 8. The summed E-state index contributed by atoms with van der Waals surface area (Å²) in [6, 6.07) is 15.4. The molecule has 30 heavy (non-hydrogen) atoms. The van der Waals surface area contributed by atoms with Gasteiger partial charge in [-0.3, -0.25) is 4.79 Å². The minimum Gasteiger partial charge on any atom is -0.484 e. The Balaban J connectivity index is 1.51. The van der Waals surface area contributed by atoms with E-state index in [1.54, 1.807) is 19.1 Å². The highest BCUT2D eigenvalue weighted by molar-refractivity contribution is 7.89. The zero-order valence-corrected chi connectivity index (χ0v) is 18.2. The third-order valence-corrected chi connectivity index (χ3v) is 6.91. The van der Waals surface area contributed by atoms with Crippen LogP contribution >= 0.6 is 0 Å². The maximum Gasteiger partial charge on any atom is 0.258 e. The first-order valence-corrected chi connectivity index (χ1v) is 12.0. The van der Waals surface area contributed by atoms with Crippen LogP contribution in [-0.4, -0.2) is 27.0 Å². The van der Waals surface area contributed by atoms with Gasteiger partial charge >= 0.3 is 0 Å². The number of hydrogen-bond acceptors (Lipinski definition) is 4. The number of benzene rings is 2. The Morgan fingerprint density at radius 2 is 1.63 bits per heavy atom. The van der Waals surface area contributed by atoms with Gasteiger partial charge in [-0.15, -0.1) is 0 Å². The molecule has 6 nitrogen and oxygen atoms in total. The lowest BCUT2D eigenvalue weighted by Crippen LogP contribution is -2.37. The molecule has 2 aromatic rings. The summed E-state index contributed by atoms with van der Waals surface area (Å²) in [7, 11) is -3.66. The summed E-state index contributed by atoms with van der Waals surface area (Å²) in [6.45, 7) is 1.73. The topological polar surface area (TPSA) is 84.5 Å². The van der Waals surface area contributed by atoms with Crippen molar-refractivity contribution < 1.29 is 17.9 Å². The SMILES string of the molecule is C[C@@H](NS(=O)(=O)c1ccc(OCC(=O)NC2CCCCCC2)cc1)c1ccccc1. The summed E-state index contributed by atoms with van der Waals surface area (Å²) in [5.41, 5.74) is 0.890. The molecule has 0 saturated heterocycles. The summed E-state index contributed by atoms with van der Waals surface area (Å²) in [5.74, 6) is 0.318. The molecule has 0 heterocycles. The van der Waals surface area contributed by atoms with Crippen molar-refractivity contribution in [3.8, 4) is 5.75 Å². The number of ether oxygens (including phenoxy) is 1. The molecule has 2 aromatic carbocycles. The summed E-state index contributed by atoms with van der Waals surface area (Å²) < 4.78 is 33.5. The van der Waals surface area contributed by atoms with Gasteiger partial charge in [0.2, 0.25) is 10.0 Å². The number of sulfonamides is 1. The van der Waals surface area contributed by atoms with Crippen molar-refractivity contribution in [3.63, 3.8) is 0 Å². The normalized spacial score (nSPS) is 16.4. The van der Waals surface area contributed by atoms with Crippen LogP contribution in [0.3, 0.4) is 0 Å². The summed E-state index contributed by atoms with van der Waals surface area (Å²) in [4.78, 5) is 12.3. The molecule has 2 N–H and O–H groups in total. The van der Waals surface area contributed by atoms with Gasteiger partial charge in [0.15, 0.2) is 6.61 Å². The molecule has 1 saturated carbocycles. The largest absolute Gasteiger partial charge is 0.484 e. The Kier molecular flexibility index (Phi) is 7.87.